The second kappa shape index (κ2) is 11.6. The second-order valence-corrected chi connectivity index (χ2v) is 5.35. The molecule has 0 saturated heterocycles. The Hall–Kier alpha value is -0.170. The van der Waals surface area contributed by atoms with Crippen LogP contribution in [0.3, 0.4) is 0 Å². The smallest absolute Gasteiger partial charge is 0.326 e. The maximum atomic E-state index is 11.4. The zero-order chi connectivity index (χ0) is 14.7. The minimum absolute atomic E-state index is 0.242. The zero-order valence-electron chi connectivity index (χ0n) is 11.7. The van der Waals surface area contributed by atoms with Crippen LogP contribution in [0, 0.1) is 0 Å². The largest absolute Gasteiger partial charge is 0.465 e. The number of hydrogen-bond donors (Lipinski definition) is 0. The molecule has 19 heavy (non-hydrogen) atoms. The van der Waals surface area contributed by atoms with Crippen molar-refractivity contribution in [1.82, 2.24) is 0 Å². The van der Waals surface area contributed by atoms with E-state index in [9.17, 15) is 9.00 Å². The first-order chi connectivity index (χ1) is 9.02. The number of alkyl halides is 1. The summed E-state index contributed by atoms with van der Waals surface area (Å²) in [7, 11) is 0. The van der Waals surface area contributed by atoms with E-state index in [1.165, 1.54) is 0 Å². The molecule has 0 bridgehead atoms. The van der Waals surface area contributed by atoms with Gasteiger partial charge in [0.15, 0.2) is 5.38 Å². The third-order valence-corrected chi connectivity index (χ3v) is 3.68. The van der Waals surface area contributed by atoms with Crippen LogP contribution >= 0.6 is 11.6 Å². The number of carbonyl (C=O) groups is 1. The normalized spacial score (nSPS) is 15.8. The second-order valence-electron chi connectivity index (χ2n) is 4.04. The molecule has 0 heterocycles. The maximum Gasteiger partial charge on any atom is 0.326 e. The van der Waals surface area contributed by atoms with Crippen molar-refractivity contribution in [3.05, 3.63) is 0 Å². The molecule has 5 nitrogen and oxygen atoms in total. The molecule has 0 aliphatic carbocycles. The van der Waals surface area contributed by atoms with Crippen molar-refractivity contribution in [2.24, 2.45) is 0 Å². The summed E-state index contributed by atoms with van der Waals surface area (Å²) in [6.07, 6.45) is 3.38. The molecule has 0 aromatic heterocycles. The van der Waals surface area contributed by atoms with E-state index in [2.05, 4.69) is 6.92 Å². The molecule has 0 aromatic rings. The summed E-state index contributed by atoms with van der Waals surface area (Å²) >= 11 is 3.93. The molecule has 0 aliphatic rings. The van der Waals surface area contributed by atoms with E-state index in [-0.39, 0.29) is 6.61 Å². The first kappa shape index (κ1) is 18.8. The Bertz CT molecular complexity index is 275. The highest BCUT2D eigenvalue weighted by atomic mass is 35.5. The summed E-state index contributed by atoms with van der Waals surface area (Å²) in [6, 6.07) is 0. The van der Waals surface area contributed by atoms with Crippen molar-refractivity contribution in [3.8, 4) is 0 Å². The van der Waals surface area contributed by atoms with Crippen LogP contribution in [0.25, 0.3) is 0 Å². The van der Waals surface area contributed by atoms with Crippen molar-refractivity contribution < 1.29 is 22.1 Å². The number of carbonyl (C=O) groups excluding carboxylic acids is 1. The van der Waals surface area contributed by atoms with Crippen molar-refractivity contribution in [3.63, 3.8) is 0 Å². The van der Waals surface area contributed by atoms with E-state index in [4.69, 9.17) is 24.7 Å². The summed E-state index contributed by atoms with van der Waals surface area (Å²) in [5, 5.41) is -0.993. The summed E-state index contributed by atoms with van der Waals surface area (Å²) in [6.45, 7) is 5.95. The molecule has 3 unspecified atom stereocenters. The molecule has 0 amide bonds. The molecular weight excluding hydrogens is 292 g/mol. The Morgan fingerprint density at radius 1 is 1.26 bits per heavy atom. The van der Waals surface area contributed by atoms with E-state index < -0.39 is 28.8 Å². The topological polar surface area (TPSA) is 61.8 Å². The maximum absolute atomic E-state index is 11.4. The lowest BCUT2D eigenvalue weighted by molar-refractivity contribution is -0.144. The van der Waals surface area contributed by atoms with E-state index in [1.54, 1.807) is 13.8 Å². The Morgan fingerprint density at radius 3 is 2.53 bits per heavy atom. The van der Waals surface area contributed by atoms with Crippen molar-refractivity contribution in [2.45, 2.75) is 57.9 Å². The number of ether oxygens (including phenoxy) is 1. The molecule has 0 N–H and O–H groups in total. The van der Waals surface area contributed by atoms with Crippen LogP contribution in [-0.2, 0) is 29.3 Å². The lowest BCUT2D eigenvalue weighted by Gasteiger charge is -2.15. The quantitative estimate of drug-likeness (QED) is 0.333. The summed E-state index contributed by atoms with van der Waals surface area (Å²) < 4.78 is 26.2. The molecular formula is C12H23ClO5S. The monoisotopic (exact) mass is 314 g/mol. The van der Waals surface area contributed by atoms with E-state index in [0.29, 0.717) is 6.61 Å². The SMILES string of the molecule is CCCCCCOS(=O)OC(C)C(Cl)C(=O)OCC. The number of unbranched alkanes of at least 4 members (excludes halogenated alkanes) is 3. The molecule has 114 valence electrons. The lowest BCUT2D eigenvalue weighted by atomic mass is 10.2. The van der Waals surface area contributed by atoms with Crippen molar-refractivity contribution in [2.75, 3.05) is 13.2 Å². The van der Waals surface area contributed by atoms with Gasteiger partial charge in [-0.2, -0.15) is 4.21 Å². The molecule has 0 saturated carbocycles. The molecule has 0 aromatic carbocycles. The predicted octanol–water partition coefficient (Wildman–Crippen LogP) is 2.74. The average Bonchev–Trinajstić information content (AvgIpc) is 2.37. The molecule has 0 rings (SSSR count). The number of halogens is 1. The third kappa shape index (κ3) is 9.38. The van der Waals surface area contributed by atoms with Gasteiger partial charge in [-0.15, -0.1) is 11.6 Å². The van der Waals surface area contributed by atoms with Crippen LogP contribution in [0.2, 0.25) is 0 Å². The molecule has 0 radical (unpaired) electrons. The number of esters is 1. The lowest BCUT2D eigenvalue weighted by Crippen LogP contribution is -2.31. The van der Waals surface area contributed by atoms with Crippen LogP contribution in [0.15, 0.2) is 0 Å². The van der Waals surface area contributed by atoms with Gasteiger partial charge < -0.3 is 4.74 Å². The van der Waals surface area contributed by atoms with Gasteiger partial charge in [0.25, 0.3) is 0 Å². The highest BCUT2D eigenvalue weighted by Gasteiger charge is 2.26. The average molecular weight is 315 g/mol. The standard InChI is InChI=1S/C12H23ClO5S/c1-4-6-7-8-9-17-19(15)18-10(3)11(13)12(14)16-5-2/h10-11H,4-9H2,1-3H3. The van der Waals surface area contributed by atoms with Crippen LogP contribution in [-0.4, -0.2) is 34.9 Å². The van der Waals surface area contributed by atoms with Crippen LogP contribution < -0.4 is 0 Å². The van der Waals surface area contributed by atoms with Gasteiger partial charge in [-0.25, -0.2) is 0 Å². The fourth-order valence-electron chi connectivity index (χ4n) is 1.27. The summed E-state index contributed by atoms with van der Waals surface area (Å²) in [5.74, 6) is -0.586. The van der Waals surface area contributed by atoms with E-state index in [1.807, 2.05) is 0 Å². The summed E-state index contributed by atoms with van der Waals surface area (Å²) in [5.41, 5.74) is 0. The highest BCUT2D eigenvalue weighted by molar-refractivity contribution is 7.75. The van der Waals surface area contributed by atoms with Gasteiger partial charge in [-0.05, 0) is 20.3 Å². The minimum atomic E-state index is -1.89. The van der Waals surface area contributed by atoms with Crippen LogP contribution in [0.1, 0.15) is 46.5 Å². The minimum Gasteiger partial charge on any atom is -0.465 e. The number of hydrogen-bond acceptors (Lipinski definition) is 5. The van der Waals surface area contributed by atoms with E-state index in [0.717, 1.165) is 25.7 Å². The van der Waals surface area contributed by atoms with Gasteiger partial charge in [0.05, 0.1) is 13.2 Å². The molecule has 0 fully saturated rings. The highest BCUT2D eigenvalue weighted by Crippen LogP contribution is 2.11. The molecule has 7 heteroatoms. The van der Waals surface area contributed by atoms with Gasteiger partial charge in [-0.3, -0.25) is 13.2 Å². The molecule has 3 atom stereocenters. The first-order valence-electron chi connectivity index (χ1n) is 6.55. The van der Waals surface area contributed by atoms with Gasteiger partial charge in [-0.1, -0.05) is 26.2 Å². The molecule has 0 aliphatic heterocycles. The number of rotatable bonds is 11. The predicted molar refractivity (Wildman–Crippen MR) is 75.1 cm³/mol. The fourth-order valence-corrected chi connectivity index (χ4v) is 2.11. The molecule has 0 spiro atoms. The Morgan fingerprint density at radius 2 is 1.95 bits per heavy atom. The van der Waals surface area contributed by atoms with Gasteiger partial charge in [0, 0.05) is 0 Å². The van der Waals surface area contributed by atoms with Crippen LogP contribution in [0.4, 0.5) is 0 Å². The van der Waals surface area contributed by atoms with E-state index >= 15 is 0 Å². The zero-order valence-corrected chi connectivity index (χ0v) is 13.3. The fraction of sp³-hybridized carbons (Fsp3) is 0.917. The third-order valence-electron chi connectivity index (χ3n) is 2.33. The Balaban J connectivity index is 3.82. The Labute approximate surface area is 122 Å². The van der Waals surface area contributed by atoms with Crippen molar-refractivity contribution >= 4 is 28.9 Å². The van der Waals surface area contributed by atoms with Gasteiger partial charge >= 0.3 is 17.3 Å². The van der Waals surface area contributed by atoms with Crippen molar-refractivity contribution in [1.29, 1.82) is 0 Å². The summed E-state index contributed by atoms with van der Waals surface area (Å²) in [4.78, 5) is 11.3. The Kier molecular flexibility index (Phi) is 11.5. The van der Waals surface area contributed by atoms with Gasteiger partial charge in [0.1, 0.15) is 6.10 Å². The van der Waals surface area contributed by atoms with Crippen LogP contribution in [0.5, 0.6) is 0 Å². The van der Waals surface area contributed by atoms with Gasteiger partial charge in [0.2, 0.25) is 0 Å². The first-order valence-corrected chi connectivity index (χ1v) is 7.99.